The lowest BCUT2D eigenvalue weighted by atomic mass is 9.84. The highest BCUT2D eigenvalue weighted by Crippen LogP contribution is 2.36. The summed E-state index contributed by atoms with van der Waals surface area (Å²) in [5, 5.41) is 0. The van der Waals surface area contributed by atoms with E-state index in [-0.39, 0.29) is 22.4 Å². The van der Waals surface area contributed by atoms with E-state index in [1.54, 1.807) is 0 Å². The molecule has 2 aliphatic rings. The van der Waals surface area contributed by atoms with Gasteiger partial charge in [0, 0.05) is 12.8 Å². The van der Waals surface area contributed by atoms with Crippen LogP contribution in [-0.2, 0) is 23.2 Å². The normalized spacial score (nSPS) is 30.3. The molecule has 0 aromatic heterocycles. The lowest BCUT2D eigenvalue weighted by molar-refractivity contribution is -0.128. The Morgan fingerprint density at radius 1 is 0.571 bits per heavy atom. The topological polar surface area (TPSA) is 46.2 Å². The van der Waals surface area contributed by atoms with Crippen LogP contribution in [-0.4, -0.2) is 37.0 Å². The van der Waals surface area contributed by atoms with Crippen molar-refractivity contribution in [3.8, 4) is 0 Å². The van der Waals surface area contributed by atoms with E-state index in [9.17, 15) is 0 Å². The van der Waals surface area contributed by atoms with Gasteiger partial charge in [0.1, 0.15) is 0 Å². The van der Waals surface area contributed by atoms with Gasteiger partial charge in [-0.15, -0.1) is 0 Å². The van der Waals surface area contributed by atoms with Crippen LogP contribution in [0.1, 0.15) is 68.2 Å². The molecule has 0 aromatic carbocycles. The number of hydrogen-bond acceptors (Lipinski definition) is 5. The third kappa shape index (κ3) is 4.96. The summed E-state index contributed by atoms with van der Waals surface area (Å²) in [7, 11) is -1.59. The van der Waals surface area contributed by atoms with Crippen LogP contribution in [0.5, 0.6) is 0 Å². The van der Waals surface area contributed by atoms with Crippen LogP contribution in [0.4, 0.5) is 0 Å². The molecule has 5 nitrogen and oxygen atoms in total. The summed E-state index contributed by atoms with van der Waals surface area (Å²) in [5.41, 5.74) is -1.25. The molecular formula is C14H28B2O5. The summed E-state index contributed by atoms with van der Waals surface area (Å²) in [6.45, 7) is 16.3. The first-order valence-electron chi connectivity index (χ1n) is 7.64. The van der Waals surface area contributed by atoms with Crippen LogP contribution in [0, 0.1) is 0 Å². The molecule has 2 rings (SSSR count). The molecule has 0 saturated carbocycles. The van der Waals surface area contributed by atoms with Gasteiger partial charge in [0.25, 0.3) is 0 Å². The molecule has 0 atom stereocenters. The average molecular weight is 298 g/mol. The lowest BCUT2D eigenvalue weighted by Crippen LogP contribution is -2.58. The maximum Gasteiger partial charge on any atom is 0.628 e. The van der Waals surface area contributed by atoms with Crippen LogP contribution >= 0.6 is 0 Å². The molecule has 0 bridgehead atoms. The molecule has 0 amide bonds. The second kappa shape index (κ2) is 5.24. The third-order valence-electron chi connectivity index (χ3n) is 3.59. The zero-order valence-corrected chi connectivity index (χ0v) is 14.6. The summed E-state index contributed by atoms with van der Waals surface area (Å²) >= 11 is 0. The van der Waals surface area contributed by atoms with Crippen molar-refractivity contribution in [1.29, 1.82) is 0 Å². The minimum absolute atomic E-state index is 0.313. The van der Waals surface area contributed by atoms with Gasteiger partial charge >= 0.3 is 14.6 Å². The fourth-order valence-corrected chi connectivity index (χ4v) is 3.51. The Morgan fingerprint density at radius 3 is 1.05 bits per heavy atom. The molecule has 21 heavy (non-hydrogen) atoms. The summed E-state index contributed by atoms with van der Waals surface area (Å²) in [4.78, 5) is 0. The molecular weight excluding hydrogens is 270 g/mol. The zero-order chi connectivity index (χ0) is 16.1. The van der Waals surface area contributed by atoms with E-state index in [0.717, 1.165) is 12.8 Å². The first kappa shape index (κ1) is 17.3. The average Bonchev–Trinajstić information content (AvgIpc) is 2.04. The van der Waals surface area contributed by atoms with Gasteiger partial charge in [0.2, 0.25) is 0 Å². The summed E-state index contributed by atoms with van der Waals surface area (Å²) < 4.78 is 29.2. The quantitative estimate of drug-likeness (QED) is 0.733. The summed E-state index contributed by atoms with van der Waals surface area (Å²) in [6.07, 6.45) is 1.59. The van der Waals surface area contributed by atoms with Crippen molar-refractivity contribution in [3.05, 3.63) is 0 Å². The Bertz CT molecular complexity index is 327. The molecule has 2 fully saturated rings. The van der Waals surface area contributed by atoms with Crippen molar-refractivity contribution < 1.29 is 23.2 Å². The first-order valence-corrected chi connectivity index (χ1v) is 7.64. The Hall–Kier alpha value is -0.0701. The standard InChI is InChI=1S/C14H28B2O5/c1-11(2)9-12(3,4)18-15(17-11)21-16-19-13(5,6)10-14(7,8)20-16/h9-10H2,1-8H3. The first-order chi connectivity index (χ1) is 9.28. The van der Waals surface area contributed by atoms with Crippen molar-refractivity contribution >= 4 is 14.6 Å². The predicted octanol–water partition coefficient (Wildman–Crippen LogP) is 2.96. The molecule has 7 heteroatoms. The van der Waals surface area contributed by atoms with E-state index in [4.69, 9.17) is 23.2 Å². The van der Waals surface area contributed by atoms with Crippen LogP contribution in [0.2, 0.25) is 0 Å². The monoisotopic (exact) mass is 298 g/mol. The van der Waals surface area contributed by atoms with E-state index >= 15 is 0 Å². The number of rotatable bonds is 2. The van der Waals surface area contributed by atoms with Gasteiger partial charge in [-0.2, -0.15) is 0 Å². The van der Waals surface area contributed by atoms with Crippen molar-refractivity contribution in [2.24, 2.45) is 0 Å². The highest BCUT2D eigenvalue weighted by molar-refractivity contribution is 6.52. The Labute approximate surface area is 129 Å². The minimum Gasteiger partial charge on any atom is -0.399 e. The van der Waals surface area contributed by atoms with Gasteiger partial charge in [-0.25, -0.2) is 0 Å². The van der Waals surface area contributed by atoms with Gasteiger partial charge in [0.05, 0.1) is 22.4 Å². The molecule has 0 radical (unpaired) electrons. The van der Waals surface area contributed by atoms with E-state index < -0.39 is 14.6 Å². The fourth-order valence-electron chi connectivity index (χ4n) is 3.51. The molecule has 0 spiro atoms. The fraction of sp³-hybridized carbons (Fsp3) is 1.00. The Kier molecular flexibility index (Phi) is 4.31. The van der Waals surface area contributed by atoms with Gasteiger partial charge in [0.15, 0.2) is 0 Å². The SMILES string of the molecule is CC1(C)CC(C)(C)OB(OB2OC(C)(C)CC(C)(C)O2)O1. The second-order valence-corrected chi connectivity index (χ2v) is 8.58. The molecule has 2 heterocycles. The second-order valence-electron chi connectivity index (χ2n) is 8.58. The van der Waals surface area contributed by atoms with Crippen LogP contribution < -0.4 is 0 Å². The van der Waals surface area contributed by atoms with Crippen molar-refractivity contribution in [2.45, 2.75) is 90.6 Å². The van der Waals surface area contributed by atoms with Crippen molar-refractivity contribution in [2.75, 3.05) is 0 Å². The van der Waals surface area contributed by atoms with Gasteiger partial charge in [-0.1, -0.05) is 0 Å². The third-order valence-corrected chi connectivity index (χ3v) is 3.59. The molecule has 0 aromatic rings. The molecule has 120 valence electrons. The van der Waals surface area contributed by atoms with Crippen molar-refractivity contribution in [3.63, 3.8) is 0 Å². The van der Waals surface area contributed by atoms with E-state index in [1.807, 2.05) is 55.4 Å². The molecule has 2 saturated heterocycles. The Balaban J connectivity index is 2.03. The summed E-state index contributed by atoms with van der Waals surface area (Å²) in [5.74, 6) is 0. The molecule has 0 unspecified atom stereocenters. The highest BCUT2D eigenvalue weighted by Gasteiger charge is 2.51. The number of hydrogen-bond donors (Lipinski definition) is 0. The van der Waals surface area contributed by atoms with E-state index in [1.165, 1.54) is 0 Å². The minimum atomic E-state index is -0.793. The lowest BCUT2D eigenvalue weighted by Gasteiger charge is -2.46. The largest absolute Gasteiger partial charge is 0.628 e. The highest BCUT2D eigenvalue weighted by atomic mass is 16.8. The zero-order valence-electron chi connectivity index (χ0n) is 14.6. The smallest absolute Gasteiger partial charge is 0.399 e. The Morgan fingerprint density at radius 2 is 0.810 bits per heavy atom. The van der Waals surface area contributed by atoms with Crippen LogP contribution in [0.15, 0.2) is 0 Å². The molecule has 2 aliphatic heterocycles. The molecule has 0 aliphatic carbocycles. The van der Waals surface area contributed by atoms with Crippen molar-refractivity contribution in [1.82, 2.24) is 0 Å². The van der Waals surface area contributed by atoms with E-state index in [2.05, 4.69) is 0 Å². The maximum absolute atomic E-state index is 5.84. The van der Waals surface area contributed by atoms with Crippen LogP contribution in [0.25, 0.3) is 0 Å². The van der Waals surface area contributed by atoms with Gasteiger partial charge in [-0.05, 0) is 55.4 Å². The van der Waals surface area contributed by atoms with Gasteiger partial charge < -0.3 is 23.2 Å². The van der Waals surface area contributed by atoms with Gasteiger partial charge in [-0.3, -0.25) is 0 Å². The van der Waals surface area contributed by atoms with E-state index in [0.29, 0.717) is 0 Å². The molecule has 0 N–H and O–H groups in total. The predicted molar refractivity (Wildman–Crippen MR) is 82.5 cm³/mol. The van der Waals surface area contributed by atoms with Crippen LogP contribution in [0.3, 0.4) is 0 Å². The maximum atomic E-state index is 5.84. The summed E-state index contributed by atoms with van der Waals surface area (Å²) in [6, 6.07) is 0.